The Balaban J connectivity index is 1.67. The summed E-state index contributed by atoms with van der Waals surface area (Å²) in [5, 5.41) is 12.4. The van der Waals surface area contributed by atoms with Crippen LogP contribution in [0.15, 0.2) is 60.7 Å². The van der Waals surface area contributed by atoms with Crippen LogP contribution in [0.1, 0.15) is 41.4 Å². The maximum atomic E-state index is 13.3. The van der Waals surface area contributed by atoms with E-state index in [1.165, 1.54) is 0 Å². The van der Waals surface area contributed by atoms with Gasteiger partial charge in [-0.1, -0.05) is 56.3 Å². The average Bonchev–Trinajstić information content (AvgIpc) is 2.94. The van der Waals surface area contributed by atoms with E-state index in [4.69, 9.17) is 4.74 Å². The summed E-state index contributed by atoms with van der Waals surface area (Å²) in [7, 11) is 0. The molecular formula is C24H25NO3. The normalized spacial score (nSPS) is 15.1. The van der Waals surface area contributed by atoms with E-state index in [2.05, 4.69) is 0 Å². The largest absolute Gasteiger partial charge is 0.491 e. The Labute approximate surface area is 165 Å². The molecule has 1 aliphatic heterocycles. The second kappa shape index (κ2) is 7.64. The average molecular weight is 375 g/mol. The van der Waals surface area contributed by atoms with Crippen molar-refractivity contribution in [3.63, 3.8) is 0 Å². The van der Waals surface area contributed by atoms with Gasteiger partial charge in [0.15, 0.2) is 0 Å². The summed E-state index contributed by atoms with van der Waals surface area (Å²) in [6.07, 6.45) is -0.532. The van der Waals surface area contributed by atoms with Crippen molar-refractivity contribution in [1.29, 1.82) is 0 Å². The van der Waals surface area contributed by atoms with Crippen LogP contribution in [0.3, 0.4) is 0 Å². The molecule has 4 nitrogen and oxygen atoms in total. The predicted molar refractivity (Wildman–Crippen MR) is 110 cm³/mol. The minimum Gasteiger partial charge on any atom is -0.491 e. The molecule has 0 bridgehead atoms. The van der Waals surface area contributed by atoms with Crippen molar-refractivity contribution < 1.29 is 14.6 Å². The van der Waals surface area contributed by atoms with Crippen LogP contribution in [0, 0.1) is 5.92 Å². The van der Waals surface area contributed by atoms with E-state index >= 15 is 0 Å². The van der Waals surface area contributed by atoms with Crippen LogP contribution in [0.2, 0.25) is 0 Å². The molecular weight excluding hydrogens is 350 g/mol. The van der Waals surface area contributed by atoms with Gasteiger partial charge in [0, 0.05) is 17.7 Å². The van der Waals surface area contributed by atoms with Gasteiger partial charge >= 0.3 is 0 Å². The minimum absolute atomic E-state index is 0.00283. The highest BCUT2D eigenvalue weighted by molar-refractivity contribution is 6.07. The number of nitrogens with zero attached hydrogens (tertiary/aromatic N) is 1. The molecule has 1 heterocycles. The van der Waals surface area contributed by atoms with Crippen LogP contribution in [-0.4, -0.2) is 29.1 Å². The number of rotatable bonds is 3. The molecule has 1 N–H and O–H groups in total. The molecule has 1 atom stereocenters. The molecule has 0 radical (unpaired) electrons. The number of benzene rings is 3. The van der Waals surface area contributed by atoms with Gasteiger partial charge in [0.2, 0.25) is 0 Å². The van der Waals surface area contributed by atoms with E-state index in [9.17, 15) is 9.90 Å². The number of ether oxygens (including phenoxy) is 1. The van der Waals surface area contributed by atoms with E-state index in [0.29, 0.717) is 25.3 Å². The number of hydrogen-bond donors (Lipinski definition) is 1. The summed E-state index contributed by atoms with van der Waals surface area (Å²) < 4.78 is 5.87. The number of hydrogen-bond acceptors (Lipinski definition) is 3. The Kier molecular flexibility index (Phi) is 5.05. The molecule has 0 saturated heterocycles. The lowest BCUT2D eigenvalue weighted by atomic mass is 9.97. The SMILES string of the molecule is CC(C)C(O)c1ccc2c(c1)CN(C(=O)c1cccc3ccccc13)CCO2. The monoisotopic (exact) mass is 375 g/mol. The molecule has 144 valence electrons. The molecule has 0 aliphatic carbocycles. The number of carbonyl (C=O) groups is 1. The van der Waals surface area contributed by atoms with E-state index in [1.807, 2.05) is 79.4 Å². The van der Waals surface area contributed by atoms with Crippen LogP contribution in [0.25, 0.3) is 10.8 Å². The van der Waals surface area contributed by atoms with Gasteiger partial charge in [-0.2, -0.15) is 0 Å². The van der Waals surface area contributed by atoms with Crippen molar-refractivity contribution >= 4 is 16.7 Å². The molecule has 0 saturated carbocycles. The van der Waals surface area contributed by atoms with Crippen molar-refractivity contribution in [1.82, 2.24) is 4.90 Å². The van der Waals surface area contributed by atoms with Crippen LogP contribution in [0.4, 0.5) is 0 Å². The first-order valence-corrected chi connectivity index (χ1v) is 9.75. The lowest BCUT2D eigenvalue weighted by Crippen LogP contribution is -2.32. The number of carbonyl (C=O) groups excluding carboxylic acids is 1. The Morgan fingerprint density at radius 2 is 1.86 bits per heavy atom. The maximum Gasteiger partial charge on any atom is 0.254 e. The quantitative estimate of drug-likeness (QED) is 0.730. The van der Waals surface area contributed by atoms with Crippen molar-refractivity contribution in [3.8, 4) is 5.75 Å². The third-order valence-corrected chi connectivity index (χ3v) is 5.34. The molecule has 0 aromatic heterocycles. The summed E-state index contributed by atoms with van der Waals surface area (Å²) in [5.74, 6) is 0.911. The summed E-state index contributed by atoms with van der Waals surface area (Å²) in [6.45, 7) is 5.43. The highest BCUT2D eigenvalue weighted by atomic mass is 16.5. The van der Waals surface area contributed by atoms with Crippen molar-refractivity contribution in [3.05, 3.63) is 77.4 Å². The second-order valence-corrected chi connectivity index (χ2v) is 7.66. The zero-order valence-electron chi connectivity index (χ0n) is 16.3. The Hall–Kier alpha value is -2.85. The van der Waals surface area contributed by atoms with Crippen molar-refractivity contribution in [2.75, 3.05) is 13.2 Å². The highest BCUT2D eigenvalue weighted by Crippen LogP contribution is 2.30. The summed E-state index contributed by atoms with van der Waals surface area (Å²) in [6, 6.07) is 19.6. The molecule has 4 heteroatoms. The molecule has 4 rings (SSSR count). The molecule has 28 heavy (non-hydrogen) atoms. The van der Waals surface area contributed by atoms with Crippen molar-refractivity contribution in [2.24, 2.45) is 5.92 Å². The fourth-order valence-corrected chi connectivity index (χ4v) is 3.74. The van der Waals surface area contributed by atoms with E-state index in [-0.39, 0.29) is 11.8 Å². The lowest BCUT2D eigenvalue weighted by Gasteiger charge is -2.21. The first kappa shape index (κ1) is 18.5. The first-order valence-electron chi connectivity index (χ1n) is 9.75. The van der Waals surface area contributed by atoms with E-state index in [0.717, 1.165) is 27.6 Å². The van der Waals surface area contributed by atoms with Crippen LogP contribution >= 0.6 is 0 Å². The van der Waals surface area contributed by atoms with E-state index in [1.54, 1.807) is 0 Å². The van der Waals surface area contributed by atoms with Crippen LogP contribution in [-0.2, 0) is 6.54 Å². The summed E-state index contributed by atoms with van der Waals surface area (Å²) in [4.78, 5) is 15.2. The predicted octanol–water partition coefficient (Wildman–Crippen LogP) is 4.56. The van der Waals surface area contributed by atoms with Crippen molar-refractivity contribution in [2.45, 2.75) is 26.5 Å². The molecule has 1 unspecified atom stereocenters. The zero-order chi connectivity index (χ0) is 19.7. The second-order valence-electron chi connectivity index (χ2n) is 7.66. The smallest absolute Gasteiger partial charge is 0.254 e. The van der Waals surface area contributed by atoms with Crippen LogP contribution < -0.4 is 4.74 Å². The lowest BCUT2D eigenvalue weighted by molar-refractivity contribution is 0.0735. The van der Waals surface area contributed by atoms with Crippen LogP contribution in [0.5, 0.6) is 5.75 Å². The van der Waals surface area contributed by atoms with Gasteiger partial charge < -0.3 is 14.7 Å². The zero-order valence-corrected chi connectivity index (χ0v) is 16.3. The number of amides is 1. The van der Waals surface area contributed by atoms with Gasteiger partial charge in [-0.25, -0.2) is 0 Å². The highest BCUT2D eigenvalue weighted by Gasteiger charge is 2.23. The van der Waals surface area contributed by atoms with Gasteiger partial charge in [0.05, 0.1) is 12.6 Å². The Morgan fingerprint density at radius 3 is 2.68 bits per heavy atom. The Bertz CT molecular complexity index is 1010. The first-order chi connectivity index (χ1) is 13.5. The molecule has 0 fully saturated rings. The van der Waals surface area contributed by atoms with Gasteiger partial charge in [0.1, 0.15) is 12.4 Å². The summed E-state index contributed by atoms with van der Waals surface area (Å²) in [5.41, 5.74) is 2.50. The van der Waals surface area contributed by atoms with Gasteiger partial charge in [0.25, 0.3) is 5.91 Å². The van der Waals surface area contributed by atoms with E-state index < -0.39 is 6.10 Å². The molecule has 3 aromatic rings. The molecule has 1 aliphatic rings. The topological polar surface area (TPSA) is 49.8 Å². The Morgan fingerprint density at radius 1 is 1.07 bits per heavy atom. The molecule has 0 spiro atoms. The van der Waals surface area contributed by atoms with Gasteiger partial charge in [-0.05, 0) is 40.5 Å². The number of aliphatic hydroxyl groups is 1. The standard InChI is InChI=1S/C24H25NO3/c1-16(2)23(26)18-10-11-22-19(14-18)15-25(12-13-28-22)24(27)21-9-5-7-17-6-3-4-8-20(17)21/h3-11,14,16,23,26H,12-13,15H2,1-2H3. The minimum atomic E-state index is -0.532. The molecule has 3 aromatic carbocycles. The third kappa shape index (κ3) is 3.48. The fraction of sp³-hybridized carbons (Fsp3) is 0.292. The van der Waals surface area contributed by atoms with Gasteiger partial charge in [-0.3, -0.25) is 4.79 Å². The third-order valence-electron chi connectivity index (χ3n) is 5.34. The summed E-state index contributed by atoms with van der Waals surface area (Å²) >= 11 is 0. The van der Waals surface area contributed by atoms with Gasteiger partial charge in [-0.15, -0.1) is 0 Å². The maximum absolute atomic E-state index is 13.3. The molecule has 1 amide bonds. The number of fused-ring (bicyclic) bond motifs is 2. The fourth-order valence-electron chi connectivity index (χ4n) is 3.74. The number of aliphatic hydroxyl groups excluding tert-OH is 1.